The average molecular weight is 402 g/mol. The number of nitrogens with one attached hydrogen (secondary N) is 1. The number of hydrogen-bond acceptors (Lipinski definition) is 6. The third-order valence-electron chi connectivity index (χ3n) is 3.81. The normalized spacial score (nSPS) is 10.6. The van der Waals surface area contributed by atoms with Crippen LogP contribution < -0.4 is 10.1 Å². The predicted octanol–water partition coefficient (Wildman–Crippen LogP) is 3.95. The van der Waals surface area contributed by atoms with Crippen molar-refractivity contribution in [2.45, 2.75) is 19.8 Å². The summed E-state index contributed by atoms with van der Waals surface area (Å²) < 4.78 is 24.2. The van der Waals surface area contributed by atoms with Gasteiger partial charge in [0.15, 0.2) is 11.7 Å². The SMILES string of the molecule is CCOc1ccc2nc(NC(=O)COC(=O)CCc3ccc(F)cc3)sc2c1. The number of carbonyl (C=O) groups is 2. The van der Waals surface area contributed by atoms with E-state index in [0.29, 0.717) is 18.2 Å². The number of aryl methyl sites for hydroxylation is 1. The highest BCUT2D eigenvalue weighted by Crippen LogP contribution is 2.29. The van der Waals surface area contributed by atoms with Crippen molar-refractivity contribution < 1.29 is 23.5 Å². The summed E-state index contributed by atoms with van der Waals surface area (Å²) in [6.07, 6.45) is 0.529. The molecule has 8 heteroatoms. The molecule has 0 spiro atoms. The molecule has 0 fully saturated rings. The Bertz CT molecular complexity index is 972. The predicted molar refractivity (Wildman–Crippen MR) is 105 cm³/mol. The van der Waals surface area contributed by atoms with E-state index in [1.807, 2.05) is 25.1 Å². The molecule has 1 N–H and O–H groups in total. The fraction of sp³-hybridized carbons (Fsp3) is 0.250. The fourth-order valence-corrected chi connectivity index (χ4v) is 3.40. The van der Waals surface area contributed by atoms with Gasteiger partial charge in [-0.25, -0.2) is 9.37 Å². The first-order valence-electron chi connectivity index (χ1n) is 8.77. The molecule has 146 valence electrons. The lowest BCUT2D eigenvalue weighted by molar-refractivity contribution is -0.147. The van der Waals surface area contributed by atoms with Crippen molar-refractivity contribution in [2.75, 3.05) is 18.5 Å². The number of amides is 1. The van der Waals surface area contributed by atoms with Crippen LogP contribution in [0.5, 0.6) is 5.75 Å². The molecule has 3 aromatic rings. The number of benzene rings is 2. The molecule has 0 bridgehead atoms. The lowest BCUT2D eigenvalue weighted by Gasteiger charge is -2.05. The Balaban J connectivity index is 1.46. The molecular weight excluding hydrogens is 383 g/mol. The zero-order valence-corrected chi connectivity index (χ0v) is 16.1. The number of hydrogen-bond donors (Lipinski definition) is 1. The monoisotopic (exact) mass is 402 g/mol. The number of rotatable bonds is 8. The van der Waals surface area contributed by atoms with E-state index in [1.54, 1.807) is 12.1 Å². The molecule has 0 saturated heterocycles. The summed E-state index contributed by atoms with van der Waals surface area (Å²) in [4.78, 5) is 28.1. The van der Waals surface area contributed by atoms with Crippen molar-refractivity contribution in [1.82, 2.24) is 4.98 Å². The van der Waals surface area contributed by atoms with E-state index in [-0.39, 0.29) is 18.8 Å². The third-order valence-corrected chi connectivity index (χ3v) is 4.75. The van der Waals surface area contributed by atoms with Gasteiger partial charge >= 0.3 is 5.97 Å². The van der Waals surface area contributed by atoms with Crippen molar-refractivity contribution in [3.63, 3.8) is 0 Å². The number of halogens is 1. The number of carbonyl (C=O) groups excluding carboxylic acids is 2. The van der Waals surface area contributed by atoms with Gasteiger partial charge in [0.2, 0.25) is 0 Å². The second-order valence-corrected chi connectivity index (χ2v) is 6.95. The molecule has 28 heavy (non-hydrogen) atoms. The van der Waals surface area contributed by atoms with Crippen LogP contribution in [0.25, 0.3) is 10.2 Å². The minimum Gasteiger partial charge on any atom is -0.494 e. The van der Waals surface area contributed by atoms with Gasteiger partial charge in [-0.2, -0.15) is 0 Å². The zero-order valence-electron chi connectivity index (χ0n) is 15.2. The summed E-state index contributed by atoms with van der Waals surface area (Å²) in [5, 5.41) is 3.05. The van der Waals surface area contributed by atoms with Crippen LogP contribution in [0.15, 0.2) is 42.5 Å². The largest absolute Gasteiger partial charge is 0.494 e. The van der Waals surface area contributed by atoms with E-state index in [4.69, 9.17) is 9.47 Å². The zero-order chi connectivity index (χ0) is 19.9. The number of esters is 1. The molecule has 0 aliphatic rings. The van der Waals surface area contributed by atoms with E-state index in [0.717, 1.165) is 21.5 Å². The number of fused-ring (bicyclic) bond motifs is 1. The van der Waals surface area contributed by atoms with Crippen LogP contribution in [0.3, 0.4) is 0 Å². The number of aromatic nitrogens is 1. The van der Waals surface area contributed by atoms with Gasteiger partial charge in [-0.3, -0.25) is 14.9 Å². The number of nitrogens with zero attached hydrogens (tertiary/aromatic N) is 1. The maximum Gasteiger partial charge on any atom is 0.306 e. The maximum atomic E-state index is 12.8. The first-order chi connectivity index (χ1) is 13.5. The van der Waals surface area contributed by atoms with Crippen molar-refractivity contribution in [1.29, 1.82) is 0 Å². The first-order valence-corrected chi connectivity index (χ1v) is 9.58. The van der Waals surface area contributed by atoms with Crippen LogP contribution in [-0.2, 0) is 20.7 Å². The van der Waals surface area contributed by atoms with Gasteiger partial charge in [-0.1, -0.05) is 23.5 Å². The lowest BCUT2D eigenvalue weighted by atomic mass is 10.1. The molecule has 0 aliphatic carbocycles. The quantitative estimate of drug-likeness (QED) is 0.578. The topological polar surface area (TPSA) is 77.5 Å². The van der Waals surface area contributed by atoms with Crippen molar-refractivity contribution in [3.8, 4) is 5.75 Å². The first kappa shape index (κ1) is 19.8. The van der Waals surface area contributed by atoms with Gasteiger partial charge < -0.3 is 9.47 Å². The van der Waals surface area contributed by atoms with Crippen LogP contribution in [-0.4, -0.2) is 30.1 Å². The minimum atomic E-state index is -0.495. The molecule has 1 amide bonds. The van der Waals surface area contributed by atoms with E-state index in [1.165, 1.54) is 23.5 Å². The average Bonchev–Trinajstić information content (AvgIpc) is 3.07. The molecule has 0 saturated carbocycles. The second kappa shape index (κ2) is 9.27. The van der Waals surface area contributed by atoms with Gasteiger partial charge in [0.05, 0.1) is 16.8 Å². The third kappa shape index (κ3) is 5.50. The molecule has 0 radical (unpaired) electrons. The van der Waals surface area contributed by atoms with Crippen LogP contribution in [0, 0.1) is 5.82 Å². The van der Waals surface area contributed by atoms with E-state index in [9.17, 15) is 14.0 Å². The van der Waals surface area contributed by atoms with E-state index >= 15 is 0 Å². The Hall–Kier alpha value is -3.00. The molecule has 6 nitrogen and oxygen atoms in total. The van der Waals surface area contributed by atoms with Crippen LogP contribution in [0.2, 0.25) is 0 Å². The van der Waals surface area contributed by atoms with Crippen molar-refractivity contribution in [2.24, 2.45) is 0 Å². The Labute approximate surface area is 165 Å². The number of anilines is 1. The Morgan fingerprint density at radius 3 is 2.71 bits per heavy atom. The van der Waals surface area contributed by atoms with Crippen molar-refractivity contribution in [3.05, 3.63) is 53.8 Å². The minimum absolute atomic E-state index is 0.111. The highest BCUT2D eigenvalue weighted by molar-refractivity contribution is 7.22. The number of ether oxygens (including phenoxy) is 2. The Morgan fingerprint density at radius 2 is 1.96 bits per heavy atom. The standard InChI is InChI=1S/C20H19FN2O4S/c1-2-26-15-8-9-16-17(11-15)28-20(22-16)23-18(24)12-27-19(25)10-5-13-3-6-14(21)7-4-13/h3-4,6-9,11H,2,5,10,12H2,1H3,(H,22,23,24). The van der Waals surface area contributed by atoms with Crippen LogP contribution >= 0.6 is 11.3 Å². The van der Waals surface area contributed by atoms with Gasteiger partial charge in [0, 0.05) is 6.42 Å². The lowest BCUT2D eigenvalue weighted by Crippen LogP contribution is -2.20. The Morgan fingerprint density at radius 1 is 1.18 bits per heavy atom. The van der Waals surface area contributed by atoms with E-state index < -0.39 is 11.9 Å². The summed E-state index contributed by atoms with van der Waals surface area (Å²) in [5.74, 6) is -0.539. The van der Waals surface area contributed by atoms with Crippen molar-refractivity contribution >= 4 is 38.6 Å². The summed E-state index contributed by atoms with van der Waals surface area (Å²) in [6.45, 7) is 2.09. The molecule has 0 atom stereocenters. The number of thiazole rings is 1. The van der Waals surface area contributed by atoms with Gasteiger partial charge in [0.1, 0.15) is 11.6 Å². The van der Waals surface area contributed by atoms with Crippen LogP contribution in [0.1, 0.15) is 18.9 Å². The summed E-state index contributed by atoms with van der Waals surface area (Å²) in [6, 6.07) is 11.4. The second-order valence-electron chi connectivity index (χ2n) is 5.92. The molecule has 2 aromatic carbocycles. The molecule has 0 aliphatic heterocycles. The fourth-order valence-electron chi connectivity index (χ4n) is 2.49. The molecular formula is C20H19FN2O4S. The summed E-state index contributed by atoms with van der Waals surface area (Å²) in [5.41, 5.74) is 1.57. The van der Waals surface area contributed by atoms with Gasteiger partial charge in [0.25, 0.3) is 5.91 Å². The van der Waals surface area contributed by atoms with Gasteiger partial charge in [-0.15, -0.1) is 0 Å². The summed E-state index contributed by atoms with van der Waals surface area (Å²) in [7, 11) is 0. The van der Waals surface area contributed by atoms with E-state index in [2.05, 4.69) is 10.3 Å². The molecule has 0 unspecified atom stereocenters. The smallest absolute Gasteiger partial charge is 0.306 e. The maximum absolute atomic E-state index is 12.8. The molecule has 1 aromatic heterocycles. The molecule has 1 heterocycles. The summed E-state index contributed by atoms with van der Waals surface area (Å²) >= 11 is 1.31. The van der Waals surface area contributed by atoms with Crippen LogP contribution in [0.4, 0.5) is 9.52 Å². The molecule has 3 rings (SSSR count). The highest BCUT2D eigenvalue weighted by Gasteiger charge is 2.11. The Kier molecular flexibility index (Phi) is 6.54. The van der Waals surface area contributed by atoms with Gasteiger partial charge in [-0.05, 0) is 49.2 Å². The highest BCUT2D eigenvalue weighted by atomic mass is 32.1.